The van der Waals surface area contributed by atoms with E-state index in [0.29, 0.717) is 0 Å². The molecule has 1 aromatic heterocycles. The first-order valence-electron chi connectivity index (χ1n) is 5.98. The minimum Gasteiger partial charge on any atom is -0.475 e. The second-order valence-electron chi connectivity index (χ2n) is 4.58. The number of carboxylic acids is 1. The topological polar surface area (TPSA) is 70.8 Å². The van der Waals surface area contributed by atoms with Gasteiger partial charge in [-0.2, -0.15) is 13.2 Å². The molecule has 110 valence electrons. The zero-order valence-electron chi connectivity index (χ0n) is 10.3. The number of hydrogen-bond donors (Lipinski definition) is 1. The second-order valence-corrected chi connectivity index (χ2v) is 4.58. The number of alkyl halides is 3. The van der Waals surface area contributed by atoms with Gasteiger partial charge in [-0.1, -0.05) is 0 Å². The first-order chi connectivity index (χ1) is 9.29. The van der Waals surface area contributed by atoms with Crippen LogP contribution in [0.25, 0.3) is 0 Å². The summed E-state index contributed by atoms with van der Waals surface area (Å²) in [5, 5.41) is 8.67. The van der Waals surface area contributed by atoms with Gasteiger partial charge in [-0.05, 0) is 25.0 Å². The number of rotatable bonds is 2. The number of piperidine rings is 1. The summed E-state index contributed by atoms with van der Waals surface area (Å²) in [5.41, 5.74) is 0. The average molecular weight is 291 g/mol. The number of carbonyl (C=O) groups is 2. The second kappa shape index (κ2) is 5.18. The van der Waals surface area contributed by atoms with Crippen LogP contribution >= 0.6 is 0 Å². The molecule has 0 unspecified atom stereocenters. The number of furan rings is 1. The van der Waals surface area contributed by atoms with Gasteiger partial charge in [0.25, 0.3) is 5.91 Å². The van der Waals surface area contributed by atoms with Crippen molar-refractivity contribution in [3.05, 3.63) is 23.7 Å². The number of nitrogens with zero attached hydrogens (tertiary/aromatic N) is 1. The van der Waals surface area contributed by atoms with Crippen molar-refractivity contribution in [3.8, 4) is 0 Å². The SMILES string of the molecule is O=C(O)c1ccc(C(=O)N2CCC(C(F)(F)F)CC2)o1. The van der Waals surface area contributed by atoms with Gasteiger partial charge in [0, 0.05) is 13.1 Å². The van der Waals surface area contributed by atoms with Crippen molar-refractivity contribution in [3.63, 3.8) is 0 Å². The van der Waals surface area contributed by atoms with Crippen molar-refractivity contribution in [2.75, 3.05) is 13.1 Å². The molecule has 0 saturated carbocycles. The maximum Gasteiger partial charge on any atom is 0.391 e. The van der Waals surface area contributed by atoms with E-state index < -0.39 is 24.0 Å². The molecule has 2 rings (SSSR count). The predicted octanol–water partition coefficient (Wildman–Crippen LogP) is 2.39. The Labute approximate surface area is 112 Å². The van der Waals surface area contributed by atoms with E-state index in [4.69, 9.17) is 9.52 Å². The molecule has 1 saturated heterocycles. The molecule has 1 amide bonds. The highest BCUT2D eigenvalue weighted by molar-refractivity contribution is 5.93. The number of carboxylic acid groups (broad SMARTS) is 1. The molecule has 0 bridgehead atoms. The Hall–Kier alpha value is -1.99. The fourth-order valence-corrected chi connectivity index (χ4v) is 2.13. The Morgan fingerprint density at radius 3 is 2.20 bits per heavy atom. The van der Waals surface area contributed by atoms with Gasteiger partial charge < -0.3 is 14.4 Å². The molecule has 8 heteroatoms. The molecular weight excluding hydrogens is 279 g/mol. The highest BCUT2D eigenvalue weighted by atomic mass is 19.4. The van der Waals surface area contributed by atoms with E-state index >= 15 is 0 Å². The van der Waals surface area contributed by atoms with Crippen LogP contribution < -0.4 is 0 Å². The number of likely N-dealkylation sites (tertiary alicyclic amines) is 1. The summed E-state index contributed by atoms with van der Waals surface area (Å²) in [6.07, 6.45) is -4.54. The summed E-state index contributed by atoms with van der Waals surface area (Å²) >= 11 is 0. The van der Waals surface area contributed by atoms with Gasteiger partial charge in [0.15, 0.2) is 5.76 Å². The largest absolute Gasteiger partial charge is 0.475 e. The molecule has 0 aliphatic carbocycles. The molecule has 0 radical (unpaired) electrons. The van der Waals surface area contributed by atoms with Crippen molar-refractivity contribution < 1.29 is 32.3 Å². The Morgan fingerprint density at radius 1 is 1.20 bits per heavy atom. The monoisotopic (exact) mass is 291 g/mol. The van der Waals surface area contributed by atoms with E-state index in [2.05, 4.69) is 0 Å². The van der Waals surface area contributed by atoms with Crippen LogP contribution in [-0.4, -0.2) is 41.1 Å². The van der Waals surface area contributed by atoms with Crippen LogP contribution in [0.2, 0.25) is 0 Å². The minimum atomic E-state index is -4.24. The fourth-order valence-electron chi connectivity index (χ4n) is 2.13. The van der Waals surface area contributed by atoms with Gasteiger partial charge >= 0.3 is 12.1 Å². The predicted molar refractivity (Wildman–Crippen MR) is 60.3 cm³/mol. The molecule has 0 aromatic carbocycles. The lowest BCUT2D eigenvalue weighted by Crippen LogP contribution is -2.42. The van der Waals surface area contributed by atoms with Crippen LogP contribution in [0, 0.1) is 5.92 Å². The molecule has 2 heterocycles. The van der Waals surface area contributed by atoms with Crippen LogP contribution in [-0.2, 0) is 0 Å². The van der Waals surface area contributed by atoms with Gasteiger partial charge in [0.05, 0.1) is 5.92 Å². The van der Waals surface area contributed by atoms with E-state index in [-0.39, 0.29) is 37.5 Å². The third kappa shape index (κ3) is 2.94. The molecule has 20 heavy (non-hydrogen) atoms. The number of aromatic carboxylic acids is 1. The standard InChI is InChI=1S/C12H12F3NO4/c13-12(14,15)7-3-5-16(6-4-7)10(17)8-1-2-9(20-8)11(18)19/h1-2,7H,3-6H2,(H,18,19). The smallest absolute Gasteiger partial charge is 0.391 e. The first-order valence-corrected chi connectivity index (χ1v) is 5.98. The van der Waals surface area contributed by atoms with Crippen LogP contribution in [0.5, 0.6) is 0 Å². The van der Waals surface area contributed by atoms with Crippen molar-refractivity contribution in [1.82, 2.24) is 4.90 Å². The third-order valence-electron chi connectivity index (χ3n) is 3.27. The van der Waals surface area contributed by atoms with Crippen LogP contribution in [0.1, 0.15) is 34.0 Å². The first kappa shape index (κ1) is 14.4. The zero-order valence-corrected chi connectivity index (χ0v) is 10.3. The summed E-state index contributed by atoms with van der Waals surface area (Å²) in [7, 11) is 0. The van der Waals surface area contributed by atoms with Gasteiger partial charge in [-0.15, -0.1) is 0 Å². The van der Waals surface area contributed by atoms with Crippen molar-refractivity contribution in [2.24, 2.45) is 5.92 Å². The summed E-state index contributed by atoms with van der Waals surface area (Å²) < 4.78 is 42.3. The zero-order chi connectivity index (χ0) is 14.9. The van der Waals surface area contributed by atoms with E-state index in [1.165, 1.54) is 11.0 Å². The maximum absolute atomic E-state index is 12.5. The van der Waals surface area contributed by atoms with E-state index in [9.17, 15) is 22.8 Å². The third-order valence-corrected chi connectivity index (χ3v) is 3.27. The van der Waals surface area contributed by atoms with Crippen LogP contribution in [0.3, 0.4) is 0 Å². The number of amides is 1. The highest BCUT2D eigenvalue weighted by Crippen LogP contribution is 2.34. The molecule has 1 fully saturated rings. The molecule has 1 aliphatic heterocycles. The molecule has 0 atom stereocenters. The van der Waals surface area contributed by atoms with E-state index in [1.807, 2.05) is 0 Å². The number of hydrogen-bond acceptors (Lipinski definition) is 3. The lowest BCUT2D eigenvalue weighted by molar-refractivity contribution is -0.183. The maximum atomic E-state index is 12.5. The van der Waals surface area contributed by atoms with Gasteiger partial charge in [0.2, 0.25) is 5.76 Å². The molecular formula is C12H12F3NO4. The molecule has 0 spiro atoms. The molecule has 1 aromatic rings. The van der Waals surface area contributed by atoms with Gasteiger partial charge in [-0.3, -0.25) is 4.79 Å². The fraction of sp³-hybridized carbons (Fsp3) is 0.500. The summed E-state index contributed by atoms with van der Waals surface area (Å²) in [5.74, 6) is -3.83. The Kier molecular flexibility index (Phi) is 3.74. The summed E-state index contributed by atoms with van der Waals surface area (Å²) in [4.78, 5) is 23.8. The Bertz CT molecular complexity index is 515. The van der Waals surface area contributed by atoms with Crippen molar-refractivity contribution >= 4 is 11.9 Å². The summed E-state index contributed by atoms with van der Waals surface area (Å²) in [6.45, 7) is -0.0434. The lowest BCUT2D eigenvalue weighted by Gasteiger charge is -2.32. The summed E-state index contributed by atoms with van der Waals surface area (Å²) in [6, 6.07) is 2.35. The average Bonchev–Trinajstić information content (AvgIpc) is 2.86. The normalized spacial score (nSPS) is 17.2. The quantitative estimate of drug-likeness (QED) is 0.908. The van der Waals surface area contributed by atoms with Crippen molar-refractivity contribution in [2.45, 2.75) is 19.0 Å². The van der Waals surface area contributed by atoms with Crippen molar-refractivity contribution in [1.29, 1.82) is 0 Å². The van der Waals surface area contributed by atoms with E-state index in [0.717, 1.165) is 6.07 Å². The highest BCUT2D eigenvalue weighted by Gasteiger charge is 2.42. The number of carbonyl (C=O) groups excluding carboxylic acids is 1. The number of halogens is 3. The lowest BCUT2D eigenvalue weighted by atomic mass is 9.96. The van der Waals surface area contributed by atoms with Gasteiger partial charge in [-0.25, -0.2) is 4.79 Å². The minimum absolute atomic E-state index is 0.0217. The molecule has 1 N–H and O–H groups in total. The Balaban J connectivity index is 1.99. The van der Waals surface area contributed by atoms with Gasteiger partial charge in [0.1, 0.15) is 0 Å². The Morgan fingerprint density at radius 2 is 1.75 bits per heavy atom. The van der Waals surface area contributed by atoms with Crippen LogP contribution in [0.4, 0.5) is 13.2 Å². The molecule has 5 nitrogen and oxygen atoms in total. The van der Waals surface area contributed by atoms with Crippen LogP contribution in [0.15, 0.2) is 16.5 Å². The van der Waals surface area contributed by atoms with E-state index in [1.54, 1.807) is 0 Å². The molecule has 1 aliphatic rings.